The molecule has 2 heteroatoms. The SMILES string of the molecule is CCCCC1(c2ccccc2)CC(=O)c2ccc(F)cc21. The van der Waals surface area contributed by atoms with Crippen LogP contribution in [0.4, 0.5) is 4.39 Å². The van der Waals surface area contributed by atoms with Crippen LogP contribution in [0.3, 0.4) is 0 Å². The standard InChI is InChI=1S/C19H19FO/c1-2-3-11-19(14-7-5-4-6-8-14)13-18(21)16-10-9-15(20)12-17(16)19/h4-10,12H,2-3,11,13H2,1H3. The van der Waals surface area contributed by atoms with Crippen LogP contribution in [0.1, 0.15) is 54.1 Å². The zero-order chi connectivity index (χ0) is 14.9. The minimum Gasteiger partial charge on any atom is -0.294 e. The summed E-state index contributed by atoms with van der Waals surface area (Å²) in [7, 11) is 0. The lowest BCUT2D eigenvalue weighted by molar-refractivity contribution is 0.0977. The van der Waals surface area contributed by atoms with Gasteiger partial charge in [-0.3, -0.25) is 4.79 Å². The van der Waals surface area contributed by atoms with E-state index in [-0.39, 0.29) is 17.0 Å². The highest BCUT2D eigenvalue weighted by atomic mass is 19.1. The second kappa shape index (κ2) is 5.44. The summed E-state index contributed by atoms with van der Waals surface area (Å²) in [4.78, 5) is 12.4. The normalized spacial score (nSPS) is 20.6. The van der Waals surface area contributed by atoms with Gasteiger partial charge < -0.3 is 0 Å². The maximum absolute atomic E-state index is 13.8. The summed E-state index contributed by atoms with van der Waals surface area (Å²) in [5.41, 5.74) is 2.32. The third-order valence-electron chi connectivity index (χ3n) is 4.54. The van der Waals surface area contributed by atoms with Crippen LogP contribution in [0.25, 0.3) is 0 Å². The van der Waals surface area contributed by atoms with Crippen molar-refractivity contribution in [2.24, 2.45) is 0 Å². The summed E-state index contributed by atoms with van der Waals surface area (Å²) in [6.45, 7) is 2.14. The molecule has 1 aliphatic carbocycles. The topological polar surface area (TPSA) is 17.1 Å². The van der Waals surface area contributed by atoms with Crippen molar-refractivity contribution in [1.82, 2.24) is 0 Å². The van der Waals surface area contributed by atoms with E-state index in [1.54, 1.807) is 12.1 Å². The summed E-state index contributed by atoms with van der Waals surface area (Å²) in [6.07, 6.45) is 3.43. The summed E-state index contributed by atoms with van der Waals surface area (Å²) >= 11 is 0. The molecule has 2 aromatic rings. The van der Waals surface area contributed by atoms with Crippen molar-refractivity contribution in [3.63, 3.8) is 0 Å². The second-order valence-electron chi connectivity index (χ2n) is 5.84. The molecule has 2 aromatic carbocycles. The van der Waals surface area contributed by atoms with E-state index in [4.69, 9.17) is 0 Å². The van der Waals surface area contributed by atoms with Crippen molar-refractivity contribution in [1.29, 1.82) is 0 Å². The maximum atomic E-state index is 13.8. The molecular formula is C19H19FO. The van der Waals surface area contributed by atoms with Gasteiger partial charge in [0.05, 0.1) is 0 Å². The highest BCUT2D eigenvalue weighted by Crippen LogP contribution is 2.47. The molecule has 0 bridgehead atoms. The molecule has 0 aliphatic heterocycles. The lowest BCUT2D eigenvalue weighted by atomic mass is 9.72. The molecule has 0 aromatic heterocycles. The molecule has 0 radical (unpaired) electrons. The van der Waals surface area contributed by atoms with Gasteiger partial charge in [-0.1, -0.05) is 50.1 Å². The van der Waals surface area contributed by atoms with Crippen molar-refractivity contribution in [3.8, 4) is 0 Å². The molecule has 108 valence electrons. The van der Waals surface area contributed by atoms with Gasteiger partial charge in [0.25, 0.3) is 0 Å². The lowest BCUT2D eigenvalue weighted by Gasteiger charge is -2.30. The minimum absolute atomic E-state index is 0.130. The van der Waals surface area contributed by atoms with Crippen LogP contribution < -0.4 is 0 Å². The summed E-state index contributed by atoms with van der Waals surface area (Å²) in [6, 6.07) is 14.7. The number of rotatable bonds is 4. The predicted molar refractivity (Wildman–Crippen MR) is 82.1 cm³/mol. The number of halogens is 1. The Kier molecular flexibility index (Phi) is 3.62. The average molecular weight is 282 g/mol. The van der Waals surface area contributed by atoms with Gasteiger partial charge in [0.2, 0.25) is 0 Å². The Morgan fingerprint density at radius 1 is 1.14 bits per heavy atom. The van der Waals surface area contributed by atoms with Crippen LogP contribution in [0, 0.1) is 5.82 Å². The maximum Gasteiger partial charge on any atom is 0.164 e. The molecule has 21 heavy (non-hydrogen) atoms. The summed E-state index contributed by atoms with van der Waals surface area (Å²) in [5.74, 6) is -0.134. The first-order valence-electron chi connectivity index (χ1n) is 7.56. The van der Waals surface area contributed by atoms with E-state index in [0.717, 1.165) is 30.4 Å². The third kappa shape index (κ3) is 2.29. The van der Waals surface area contributed by atoms with Crippen LogP contribution in [0.15, 0.2) is 48.5 Å². The fourth-order valence-corrected chi connectivity index (χ4v) is 3.48. The smallest absolute Gasteiger partial charge is 0.164 e. The van der Waals surface area contributed by atoms with E-state index in [0.29, 0.717) is 12.0 Å². The molecule has 1 unspecified atom stereocenters. The molecule has 1 aliphatic rings. The Morgan fingerprint density at radius 3 is 2.62 bits per heavy atom. The minimum atomic E-state index is -0.355. The molecular weight excluding hydrogens is 263 g/mol. The van der Waals surface area contributed by atoms with E-state index in [9.17, 15) is 9.18 Å². The molecule has 1 nitrogen and oxygen atoms in total. The fourth-order valence-electron chi connectivity index (χ4n) is 3.48. The van der Waals surface area contributed by atoms with Crippen molar-refractivity contribution >= 4 is 5.78 Å². The zero-order valence-corrected chi connectivity index (χ0v) is 12.2. The van der Waals surface area contributed by atoms with E-state index in [2.05, 4.69) is 19.1 Å². The van der Waals surface area contributed by atoms with E-state index >= 15 is 0 Å². The molecule has 0 amide bonds. The van der Waals surface area contributed by atoms with Gasteiger partial charge in [-0.2, -0.15) is 0 Å². The Hall–Kier alpha value is -1.96. The van der Waals surface area contributed by atoms with Crippen LogP contribution >= 0.6 is 0 Å². The van der Waals surface area contributed by atoms with Gasteiger partial charge in [-0.15, -0.1) is 0 Å². The molecule has 0 N–H and O–H groups in total. The monoisotopic (exact) mass is 282 g/mol. The largest absolute Gasteiger partial charge is 0.294 e. The molecule has 0 fully saturated rings. The van der Waals surface area contributed by atoms with E-state index < -0.39 is 0 Å². The molecule has 0 spiro atoms. The van der Waals surface area contributed by atoms with Crippen molar-refractivity contribution in [3.05, 3.63) is 71.0 Å². The van der Waals surface area contributed by atoms with Crippen LogP contribution in [-0.2, 0) is 5.41 Å². The number of Topliss-reactive ketones (excluding diaryl/α,β-unsaturated/α-hetero) is 1. The van der Waals surface area contributed by atoms with Gasteiger partial charge >= 0.3 is 0 Å². The lowest BCUT2D eigenvalue weighted by Crippen LogP contribution is -2.25. The highest BCUT2D eigenvalue weighted by molar-refractivity contribution is 6.03. The van der Waals surface area contributed by atoms with Crippen LogP contribution in [0.5, 0.6) is 0 Å². The van der Waals surface area contributed by atoms with Crippen molar-refractivity contribution < 1.29 is 9.18 Å². The summed E-state index contributed by atoms with van der Waals surface area (Å²) in [5, 5.41) is 0. The molecule has 0 saturated carbocycles. The number of carbonyl (C=O) groups is 1. The van der Waals surface area contributed by atoms with Crippen LogP contribution in [0.2, 0.25) is 0 Å². The summed E-state index contributed by atoms with van der Waals surface area (Å²) < 4.78 is 13.8. The number of unbranched alkanes of at least 4 members (excludes halogenated alkanes) is 1. The van der Waals surface area contributed by atoms with E-state index in [1.165, 1.54) is 6.07 Å². The first-order chi connectivity index (χ1) is 10.2. The fraction of sp³-hybridized carbons (Fsp3) is 0.316. The predicted octanol–water partition coefficient (Wildman–Crippen LogP) is 4.89. The molecule has 3 rings (SSSR count). The van der Waals surface area contributed by atoms with Crippen molar-refractivity contribution in [2.45, 2.75) is 38.0 Å². The Bertz CT molecular complexity index is 663. The Labute approximate surface area is 124 Å². The Morgan fingerprint density at radius 2 is 1.90 bits per heavy atom. The second-order valence-corrected chi connectivity index (χ2v) is 5.84. The first kappa shape index (κ1) is 14.0. The zero-order valence-electron chi connectivity index (χ0n) is 12.2. The van der Waals surface area contributed by atoms with Gasteiger partial charge in [0.1, 0.15) is 5.82 Å². The van der Waals surface area contributed by atoms with Gasteiger partial charge in [-0.05, 0) is 35.7 Å². The van der Waals surface area contributed by atoms with Crippen LogP contribution in [-0.4, -0.2) is 5.78 Å². The van der Waals surface area contributed by atoms with Gasteiger partial charge in [0.15, 0.2) is 5.78 Å². The van der Waals surface area contributed by atoms with E-state index in [1.807, 2.05) is 18.2 Å². The molecule has 0 saturated heterocycles. The Balaban J connectivity index is 2.19. The number of benzene rings is 2. The van der Waals surface area contributed by atoms with Crippen molar-refractivity contribution in [2.75, 3.05) is 0 Å². The highest BCUT2D eigenvalue weighted by Gasteiger charge is 2.44. The van der Waals surface area contributed by atoms with Gasteiger partial charge in [0, 0.05) is 17.4 Å². The molecule has 0 heterocycles. The number of carbonyl (C=O) groups excluding carboxylic acids is 1. The van der Waals surface area contributed by atoms with Gasteiger partial charge in [-0.25, -0.2) is 4.39 Å². The number of hydrogen-bond acceptors (Lipinski definition) is 1. The first-order valence-corrected chi connectivity index (χ1v) is 7.56. The number of fused-ring (bicyclic) bond motifs is 1. The average Bonchev–Trinajstić information content (AvgIpc) is 2.79. The quantitative estimate of drug-likeness (QED) is 0.780. The third-order valence-corrected chi connectivity index (χ3v) is 4.54. The molecule has 1 atom stereocenters. The number of hydrogen-bond donors (Lipinski definition) is 0. The number of ketones is 1.